The van der Waals surface area contributed by atoms with E-state index in [2.05, 4.69) is 17.6 Å². The summed E-state index contributed by atoms with van der Waals surface area (Å²) in [7, 11) is 0. The fraction of sp³-hybridized carbons (Fsp3) is 0.511. The highest BCUT2D eigenvalue weighted by atomic mass is 32.2. The summed E-state index contributed by atoms with van der Waals surface area (Å²) in [5, 5.41) is 6.17. The van der Waals surface area contributed by atoms with E-state index >= 15 is 0 Å². The van der Waals surface area contributed by atoms with E-state index < -0.39 is 11.6 Å². The van der Waals surface area contributed by atoms with Crippen LogP contribution < -0.4 is 10.6 Å². The molecule has 3 aromatic rings. The summed E-state index contributed by atoms with van der Waals surface area (Å²) in [6, 6.07) is 21.8. The van der Waals surface area contributed by atoms with Crippen molar-refractivity contribution >= 4 is 35.4 Å². The summed E-state index contributed by atoms with van der Waals surface area (Å²) in [4.78, 5) is 60.2. The van der Waals surface area contributed by atoms with Crippen molar-refractivity contribution in [2.24, 2.45) is 0 Å². The standard InChI is InChI=1S/C45H62N4O4S/c1-6-7-8-9-10-11-12-13-14-15-28-46-42(51)41(34-24-26-39(54-5)27-25-34)49-30-17-16-29-48(33-40(50)47-45(2,3)4)43(52)37-22-18-20-35(31-37)36-21-19-23-38(32-36)44(49)53/h18-27,31-32,41H,6-17,28-30,33H2,1-5H3,(H,46,51)(H,47,50). The van der Waals surface area contributed by atoms with Gasteiger partial charge in [-0.25, -0.2) is 0 Å². The number of rotatable bonds is 17. The zero-order chi connectivity index (χ0) is 38.9. The molecule has 292 valence electrons. The second-order valence-corrected chi connectivity index (χ2v) is 16.4. The average molecular weight is 755 g/mol. The van der Waals surface area contributed by atoms with Crippen LogP contribution in [0.3, 0.4) is 0 Å². The molecule has 4 amide bonds. The molecule has 2 N–H and O–H groups in total. The smallest absolute Gasteiger partial charge is 0.254 e. The van der Waals surface area contributed by atoms with Crippen LogP contribution in [-0.4, -0.2) is 71.4 Å². The third-order valence-corrected chi connectivity index (χ3v) is 10.6. The predicted octanol–water partition coefficient (Wildman–Crippen LogP) is 9.45. The Labute approximate surface area is 328 Å². The number of carbonyl (C=O) groups excluding carboxylic acids is 4. The zero-order valence-corrected chi connectivity index (χ0v) is 34.1. The first-order valence-electron chi connectivity index (χ1n) is 20.0. The molecule has 0 aliphatic carbocycles. The number of unbranched alkanes of at least 4 members (excludes halogenated alkanes) is 9. The second-order valence-electron chi connectivity index (χ2n) is 15.5. The number of nitrogens with one attached hydrogen (secondary N) is 2. The molecule has 1 aliphatic heterocycles. The Hall–Kier alpha value is -4.11. The van der Waals surface area contributed by atoms with E-state index in [0.29, 0.717) is 43.6 Å². The molecule has 0 fully saturated rings. The van der Waals surface area contributed by atoms with Gasteiger partial charge >= 0.3 is 0 Å². The van der Waals surface area contributed by atoms with E-state index in [-0.39, 0.29) is 30.2 Å². The molecule has 9 heteroatoms. The van der Waals surface area contributed by atoms with Gasteiger partial charge in [0, 0.05) is 41.2 Å². The number of hydrogen-bond acceptors (Lipinski definition) is 5. The molecule has 0 aromatic heterocycles. The number of thioether (sulfide) groups is 1. The predicted molar refractivity (Wildman–Crippen MR) is 222 cm³/mol. The summed E-state index contributed by atoms with van der Waals surface area (Å²) in [6.45, 7) is 9.08. The molecule has 0 spiro atoms. The van der Waals surface area contributed by atoms with E-state index in [1.165, 1.54) is 44.9 Å². The first-order chi connectivity index (χ1) is 26.0. The minimum absolute atomic E-state index is 0.0791. The van der Waals surface area contributed by atoms with Crippen molar-refractivity contribution in [2.75, 3.05) is 32.4 Å². The zero-order valence-electron chi connectivity index (χ0n) is 33.3. The molecule has 4 rings (SSSR count). The van der Waals surface area contributed by atoms with Gasteiger partial charge in [0.1, 0.15) is 6.04 Å². The molecule has 3 aromatic carbocycles. The van der Waals surface area contributed by atoms with Crippen LogP contribution in [0.1, 0.15) is 137 Å². The maximum Gasteiger partial charge on any atom is 0.254 e. The van der Waals surface area contributed by atoms with E-state index in [1.54, 1.807) is 33.7 Å². The Morgan fingerprint density at radius 2 is 1.26 bits per heavy atom. The number of hydrogen-bond donors (Lipinski definition) is 2. The van der Waals surface area contributed by atoms with Gasteiger partial charge < -0.3 is 20.4 Å². The van der Waals surface area contributed by atoms with Crippen LogP contribution in [0.5, 0.6) is 0 Å². The van der Waals surface area contributed by atoms with Crippen LogP contribution in [0.2, 0.25) is 0 Å². The molecule has 0 saturated heterocycles. The Morgan fingerprint density at radius 1 is 0.722 bits per heavy atom. The van der Waals surface area contributed by atoms with Gasteiger partial charge in [0.15, 0.2) is 0 Å². The number of amides is 4. The first kappa shape index (κ1) is 42.6. The molecule has 1 atom stereocenters. The highest BCUT2D eigenvalue weighted by Crippen LogP contribution is 2.29. The lowest BCUT2D eigenvalue weighted by atomic mass is 9.98. The molecule has 1 unspecified atom stereocenters. The largest absolute Gasteiger partial charge is 0.354 e. The molecule has 8 nitrogen and oxygen atoms in total. The Kier molecular flexibility index (Phi) is 17.1. The Morgan fingerprint density at radius 3 is 1.83 bits per heavy atom. The third-order valence-electron chi connectivity index (χ3n) is 9.85. The summed E-state index contributed by atoms with van der Waals surface area (Å²) >= 11 is 1.63. The van der Waals surface area contributed by atoms with Crippen LogP contribution in [0.25, 0.3) is 11.1 Å². The van der Waals surface area contributed by atoms with Gasteiger partial charge in [-0.05, 0) is 99.4 Å². The van der Waals surface area contributed by atoms with Gasteiger partial charge in [-0.2, -0.15) is 0 Å². The molecule has 1 heterocycles. The topological polar surface area (TPSA) is 98.8 Å². The van der Waals surface area contributed by atoms with Crippen molar-refractivity contribution in [1.29, 1.82) is 0 Å². The lowest BCUT2D eigenvalue weighted by molar-refractivity contribution is -0.126. The number of nitrogens with zero attached hydrogens (tertiary/aromatic N) is 2. The highest BCUT2D eigenvalue weighted by Gasteiger charge is 2.32. The second kappa shape index (κ2) is 21.7. The van der Waals surface area contributed by atoms with Crippen molar-refractivity contribution in [3.63, 3.8) is 0 Å². The minimum atomic E-state index is -0.841. The number of benzene rings is 3. The number of fused-ring (bicyclic) bond motifs is 5. The van der Waals surface area contributed by atoms with Crippen LogP contribution in [-0.2, 0) is 9.59 Å². The highest BCUT2D eigenvalue weighted by molar-refractivity contribution is 7.98. The maximum atomic E-state index is 14.6. The summed E-state index contributed by atoms with van der Waals surface area (Å²) < 4.78 is 0. The van der Waals surface area contributed by atoms with Crippen LogP contribution in [0, 0.1) is 0 Å². The molecule has 1 aliphatic rings. The van der Waals surface area contributed by atoms with Gasteiger partial charge in [-0.3, -0.25) is 19.2 Å². The van der Waals surface area contributed by atoms with E-state index in [9.17, 15) is 19.2 Å². The molecule has 54 heavy (non-hydrogen) atoms. The maximum absolute atomic E-state index is 14.6. The van der Waals surface area contributed by atoms with Crippen molar-refractivity contribution in [3.05, 3.63) is 89.5 Å². The van der Waals surface area contributed by atoms with Crippen molar-refractivity contribution in [3.8, 4) is 11.1 Å². The summed E-state index contributed by atoms with van der Waals surface area (Å²) in [5.74, 6) is -0.877. The Balaban J connectivity index is 1.59. The summed E-state index contributed by atoms with van der Waals surface area (Å²) in [6.07, 6.45) is 15.2. The van der Waals surface area contributed by atoms with Gasteiger partial charge in [-0.15, -0.1) is 11.8 Å². The number of carbonyl (C=O) groups is 4. The Bertz CT molecular complexity index is 1670. The fourth-order valence-corrected chi connectivity index (χ4v) is 7.42. The lowest BCUT2D eigenvalue weighted by Gasteiger charge is -2.32. The van der Waals surface area contributed by atoms with Gasteiger partial charge in [0.2, 0.25) is 11.8 Å². The van der Waals surface area contributed by atoms with Gasteiger partial charge in [0.05, 0.1) is 6.54 Å². The van der Waals surface area contributed by atoms with E-state index in [1.807, 2.05) is 87.7 Å². The average Bonchev–Trinajstić information content (AvgIpc) is 3.16. The normalized spacial score (nSPS) is 14.4. The van der Waals surface area contributed by atoms with Crippen molar-refractivity contribution in [1.82, 2.24) is 20.4 Å². The SMILES string of the molecule is CCCCCCCCCCCCNC(=O)C(c1ccc(SC)cc1)N1CCCCN(CC(=O)NC(C)(C)C)C(=O)c2cccc(c2)-c2cccc(c2)C1=O. The minimum Gasteiger partial charge on any atom is -0.354 e. The van der Waals surface area contributed by atoms with E-state index in [4.69, 9.17) is 0 Å². The van der Waals surface area contributed by atoms with Crippen LogP contribution in [0.4, 0.5) is 0 Å². The molecular weight excluding hydrogens is 693 g/mol. The van der Waals surface area contributed by atoms with Gasteiger partial charge in [-0.1, -0.05) is 101 Å². The van der Waals surface area contributed by atoms with Crippen molar-refractivity contribution in [2.45, 2.75) is 121 Å². The summed E-state index contributed by atoms with van der Waals surface area (Å²) in [5.41, 5.74) is 2.86. The van der Waals surface area contributed by atoms with Gasteiger partial charge in [0.25, 0.3) is 11.8 Å². The molecule has 4 bridgehead atoms. The van der Waals surface area contributed by atoms with Crippen molar-refractivity contribution < 1.29 is 19.2 Å². The van der Waals surface area contributed by atoms with Crippen LogP contribution >= 0.6 is 11.8 Å². The van der Waals surface area contributed by atoms with E-state index in [0.717, 1.165) is 40.8 Å². The lowest BCUT2D eigenvalue weighted by Crippen LogP contribution is -2.47. The molecule has 0 radical (unpaired) electrons. The molecular formula is C45H62N4O4S. The van der Waals surface area contributed by atoms with Crippen LogP contribution in [0.15, 0.2) is 77.7 Å². The monoisotopic (exact) mass is 754 g/mol. The quantitative estimate of drug-likeness (QED) is 0.106. The molecule has 0 saturated carbocycles. The third kappa shape index (κ3) is 13.3. The first-order valence-corrected chi connectivity index (χ1v) is 21.3. The fourth-order valence-electron chi connectivity index (χ4n) is 7.01.